The number of amides is 1. The second kappa shape index (κ2) is 8.54. The van der Waals surface area contributed by atoms with E-state index in [4.69, 9.17) is 23.2 Å². The number of benzene rings is 2. The van der Waals surface area contributed by atoms with Gasteiger partial charge in [-0.2, -0.15) is 5.10 Å². The maximum atomic E-state index is 13.6. The van der Waals surface area contributed by atoms with Crippen LogP contribution in [0.2, 0.25) is 10.2 Å². The first-order valence-electron chi connectivity index (χ1n) is 8.26. The summed E-state index contributed by atoms with van der Waals surface area (Å²) in [4.78, 5) is 12.0. The van der Waals surface area contributed by atoms with E-state index in [2.05, 4.69) is 10.4 Å². The van der Waals surface area contributed by atoms with Gasteiger partial charge in [0.25, 0.3) is 0 Å². The van der Waals surface area contributed by atoms with Crippen LogP contribution in [-0.4, -0.2) is 15.7 Å². The normalized spacial score (nSPS) is 11.2. The van der Waals surface area contributed by atoms with Crippen LogP contribution in [0, 0.1) is 18.6 Å². The molecular weight excluding hydrogens is 407 g/mol. The summed E-state index contributed by atoms with van der Waals surface area (Å²) in [5, 5.41) is 7.45. The van der Waals surface area contributed by atoms with Crippen molar-refractivity contribution < 1.29 is 13.6 Å². The molecule has 3 rings (SSSR count). The second-order valence-corrected chi connectivity index (χ2v) is 6.72. The molecule has 144 valence electrons. The fourth-order valence-electron chi connectivity index (χ4n) is 2.59. The van der Waals surface area contributed by atoms with Gasteiger partial charge >= 0.3 is 0 Å². The van der Waals surface area contributed by atoms with Crippen LogP contribution in [0.4, 0.5) is 14.5 Å². The van der Waals surface area contributed by atoms with Crippen LogP contribution < -0.4 is 5.32 Å². The molecule has 1 N–H and O–H groups in total. The lowest BCUT2D eigenvalue weighted by Crippen LogP contribution is -2.10. The van der Waals surface area contributed by atoms with Crippen molar-refractivity contribution >= 4 is 40.9 Å². The van der Waals surface area contributed by atoms with Crippen molar-refractivity contribution in [2.45, 2.75) is 13.5 Å². The van der Waals surface area contributed by atoms with Gasteiger partial charge in [-0.1, -0.05) is 47.5 Å². The lowest BCUT2D eigenvalue weighted by molar-refractivity contribution is -0.111. The fourth-order valence-corrected chi connectivity index (χ4v) is 3.08. The largest absolute Gasteiger partial charge is 0.318 e. The van der Waals surface area contributed by atoms with E-state index in [1.165, 1.54) is 12.1 Å². The Kier molecular flexibility index (Phi) is 6.11. The number of hydrogen-bond donors (Lipinski definition) is 1. The number of aromatic nitrogens is 2. The minimum Gasteiger partial charge on any atom is -0.318 e. The van der Waals surface area contributed by atoms with Crippen molar-refractivity contribution in [1.82, 2.24) is 9.78 Å². The van der Waals surface area contributed by atoms with Crippen LogP contribution in [0.25, 0.3) is 6.08 Å². The predicted molar refractivity (Wildman–Crippen MR) is 107 cm³/mol. The van der Waals surface area contributed by atoms with E-state index >= 15 is 0 Å². The summed E-state index contributed by atoms with van der Waals surface area (Å²) >= 11 is 12.5. The number of carbonyl (C=O) groups is 1. The number of para-hydroxylation sites is 1. The predicted octanol–water partition coefficient (Wildman–Crippen LogP) is 5.48. The third-order valence-corrected chi connectivity index (χ3v) is 4.77. The van der Waals surface area contributed by atoms with Crippen LogP contribution in [0.3, 0.4) is 0 Å². The lowest BCUT2D eigenvalue weighted by atomic mass is 10.2. The highest BCUT2D eigenvalue weighted by atomic mass is 35.5. The van der Waals surface area contributed by atoms with E-state index in [1.54, 1.807) is 17.7 Å². The molecule has 1 amide bonds. The zero-order chi connectivity index (χ0) is 20.3. The summed E-state index contributed by atoms with van der Waals surface area (Å²) in [7, 11) is 0. The molecule has 1 heterocycles. The third kappa shape index (κ3) is 4.40. The Labute approximate surface area is 170 Å². The molecule has 3 aromatic rings. The molecule has 8 heteroatoms. The maximum Gasteiger partial charge on any atom is 0.248 e. The summed E-state index contributed by atoms with van der Waals surface area (Å²) < 4.78 is 28.8. The molecular formula is C20H15Cl2F2N3O. The fraction of sp³-hybridized carbons (Fsp3) is 0.100. The molecule has 2 aromatic carbocycles. The monoisotopic (exact) mass is 421 g/mol. The van der Waals surface area contributed by atoms with Gasteiger partial charge in [0, 0.05) is 16.7 Å². The highest BCUT2D eigenvalue weighted by molar-refractivity contribution is 6.32. The molecule has 0 aliphatic carbocycles. The molecule has 4 nitrogen and oxygen atoms in total. The topological polar surface area (TPSA) is 46.9 Å². The Bertz CT molecular complexity index is 1040. The molecule has 0 aliphatic heterocycles. The van der Waals surface area contributed by atoms with E-state index in [9.17, 15) is 13.6 Å². The molecule has 0 saturated carbocycles. The quantitative estimate of drug-likeness (QED) is 0.554. The summed E-state index contributed by atoms with van der Waals surface area (Å²) in [6.07, 6.45) is 2.59. The van der Waals surface area contributed by atoms with Crippen LogP contribution in [0.1, 0.15) is 16.8 Å². The molecule has 0 unspecified atom stereocenters. The first-order valence-corrected chi connectivity index (χ1v) is 9.02. The van der Waals surface area contributed by atoms with Crippen LogP contribution >= 0.6 is 23.2 Å². The number of nitrogens with zero attached hydrogens (tertiary/aromatic N) is 2. The second-order valence-electron chi connectivity index (χ2n) is 5.96. The van der Waals surface area contributed by atoms with E-state index in [-0.39, 0.29) is 0 Å². The maximum absolute atomic E-state index is 13.6. The minimum absolute atomic E-state index is 0.318. The Hall–Kier alpha value is -2.70. The SMILES string of the molecule is Cc1nn(Cc2ccccc2Cl)c(Cl)c1/C=C/C(=O)Nc1c(F)cccc1F. The highest BCUT2D eigenvalue weighted by Gasteiger charge is 2.14. The standard InChI is InChI=1S/C20H15Cl2F2N3O/c1-12-14(9-10-18(28)25-19-16(23)7-4-8-17(19)24)20(22)27(26-12)11-13-5-2-3-6-15(13)21/h2-10H,11H2,1H3,(H,25,28)/b10-9+. The summed E-state index contributed by atoms with van der Waals surface area (Å²) in [6, 6.07) is 10.7. The van der Waals surface area contributed by atoms with Crippen molar-refractivity contribution in [3.63, 3.8) is 0 Å². The minimum atomic E-state index is -0.858. The van der Waals surface area contributed by atoms with E-state index in [0.29, 0.717) is 28.0 Å². The molecule has 0 saturated heterocycles. The average molecular weight is 422 g/mol. The van der Waals surface area contributed by atoms with Gasteiger partial charge in [-0.05, 0) is 36.8 Å². The van der Waals surface area contributed by atoms with Crippen LogP contribution in [-0.2, 0) is 11.3 Å². The first-order chi connectivity index (χ1) is 13.4. The van der Waals surface area contributed by atoms with Gasteiger partial charge in [-0.15, -0.1) is 0 Å². The van der Waals surface area contributed by atoms with E-state index in [1.807, 2.05) is 18.2 Å². The van der Waals surface area contributed by atoms with Gasteiger partial charge < -0.3 is 5.32 Å². The van der Waals surface area contributed by atoms with Gasteiger partial charge in [-0.3, -0.25) is 4.79 Å². The van der Waals surface area contributed by atoms with Gasteiger partial charge in [-0.25, -0.2) is 13.5 Å². The molecule has 0 fully saturated rings. The van der Waals surface area contributed by atoms with E-state index in [0.717, 1.165) is 23.8 Å². The summed E-state index contributed by atoms with van der Waals surface area (Å²) in [5.41, 5.74) is 1.46. The number of rotatable bonds is 5. The molecule has 0 aliphatic rings. The van der Waals surface area contributed by atoms with Crippen LogP contribution in [0.5, 0.6) is 0 Å². The molecule has 0 spiro atoms. The molecule has 0 radical (unpaired) electrons. The van der Waals surface area contributed by atoms with E-state index < -0.39 is 23.2 Å². The van der Waals surface area contributed by atoms with Crippen molar-refractivity contribution in [2.24, 2.45) is 0 Å². The Morgan fingerprint density at radius 2 is 1.82 bits per heavy atom. The number of hydrogen-bond acceptors (Lipinski definition) is 2. The number of halogens is 4. The summed E-state index contributed by atoms with van der Waals surface area (Å²) in [5.74, 6) is -2.41. The Morgan fingerprint density at radius 1 is 1.14 bits per heavy atom. The average Bonchev–Trinajstić information content (AvgIpc) is 2.92. The number of anilines is 1. The van der Waals surface area contributed by atoms with Gasteiger partial charge in [0.05, 0.1) is 12.2 Å². The third-order valence-electron chi connectivity index (χ3n) is 4.00. The van der Waals surface area contributed by atoms with Crippen LogP contribution in [0.15, 0.2) is 48.5 Å². The van der Waals surface area contributed by atoms with Crippen molar-refractivity contribution in [3.05, 3.63) is 87.2 Å². The molecule has 0 atom stereocenters. The number of nitrogens with one attached hydrogen (secondary N) is 1. The van der Waals surface area contributed by atoms with Gasteiger partial charge in [0.15, 0.2) is 0 Å². The molecule has 28 heavy (non-hydrogen) atoms. The van der Waals surface area contributed by atoms with Gasteiger partial charge in [0.2, 0.25) is 5.91 Å². The smallest absolute Gasteiger partial charge is 0.248 e. The van der Waals surface area contributed by atoms with Gasteiger partial charge in [0.1, 0.15) is 22.5 Å². The number of aryl methyl sites for hydroxylation is 1. The lowest BCUT2D eigenvalue weighted by Gasteiger charge is -2.05. The zero-order valence-electron chi connectivity index (χ0n) is 14.7. The van der Waals surface area contributed by atoms with Crippen molar-refractivity contribution in [2.75, 3.05) is 5.32 Å². The first kappa shape index (κ1) is 20.0. The number of carbonyl (C=O) groups excluding carboxylic acids is 1. The van der Waals surface area contributed by atoms with Crippen molar-refractivity contribution in [1.29, 1.82) is 0 Å². The highest BCUT2D eigenvalue weighted by Crippen LogP contribution is 2.24. The molecule has 1 aromatic heterocycles. The Balaban J connectivity index is 1.78. The Morgan fingerprint density at radius 3 is 2.50 bits per heavy atom. The summed E-state index contributed by atoms with van der Waals surface area (Å²) in [6.45, 7) is 2.10. The van der Waals surface area contributed by atoms with Crippen molar-refractivity contribution in [3.8, 4) is 0 Å². The molecule has 0 bridgehead atoms. The zero-order valence-corrected chi connectivity index (χ0v) is 16.2.